The third-order valence-electron chi connectivity index (χ3n) is 10.5. The van der Waals surface area contributed by atoms with Gasteiger partial charge in [0.1, 0.15) is 5.82 Å². The van der Waals surface area contributed by atoms with Crippen LogP contribution in [-0.2, 0) is 5.41 Å². The van der Waals surface area contributed by atoms with Crippen molar-refractivity contribution >= 4 is 16.9 Å². The second kappa shape index (κ2) is 11.1. The largest absolute Gasteiger partial charge is 0.339 e. The van der Waals surface area contributed by atoms with Crippen molar-refractivity contribution in [1.82, 2.24) is 19.4 Å². The molecule has 0 radical (unpaired) electrons. The van der Waals surface area contributed by atoms with Crippen molar-refractivity contribution in [3.05, 3.63) is 102 Å². The third kappa shape index (κ3) is 4.99. The number of piperidine rings is 2. The number of aryl methyl sites for hydroxylation is 1. The highest BCUT2D eigenvalue weighted by Gasteiger charge is 2.42. The van der Waals surface area contributed by atoms with Crippen molar-refractivity contribution in [2.24, 2.45) is 0 Å². The predicted molar refractivity (Wildman–Crippen MR) is 165 cm³/mol. The Balaban J connectivity index is 1.02. The summed E-state index contributed by atoms with van der Waals surface area (Å²) < 4.78 is 2.53. The van der Waals surface area contributed by atoms with E-state index in [2.05, 4.69) is 75.9 Å². The lowest BCUT2D eigenvalue weighted by atomic mass is 9.69. The third-order valence-corrected chi connectivity index (χ3v) is 10.5. The molecule has 2 bridgehead atoms. The number of carbonyl (C=O) groups excluding carboxylic acids is 1. The normalized spacial score (nSPS) is 24.1. The van der Waals surface area contributed by atoms with Crippen LogP contribution in [0.25, 0.3) is 11.0 Å². The Morgan fingerprint density at radius 1 is 0.829 bits per heavy atom. The van der Waals surface area contributed by atoms with Crippen LogP contribution in [0, 0.1) is 6.92 Å². The van der Waals surface area contributed by atoms with Gasteiger partial charge in [0.15, 0.2) is 0 Å². The molecule has 7 rings (SSSR count). The molecule has 0 N–H and O–H groups in total. The molecule has 3 saturated heterocycles. The van der Waals surface area contributed by atoms with Crippen molar-refractivity contribution in [2.75, 3.05) is 19.6 Å². The number of nitrogens with zero attached hydrogens (tertiary/aromatic N) is 4. The van der Waals surface area contributed by atoms with E-state index in [0.29, 0.717) is 18.1 Å². The van der Waals surface area contributed by atoms with Crippen LogP contribution in [0.2, 0.25) is 0 Å². The van der Waals surface area contributed by atoms with Gasteiger partial charge in [-0.05, 0) is 100 Å². The number of likely N-dealkylation sites (tertiary alicyclic amines) is 1. The molecule has 5 nitrogen and oxygen atoms in total. The van der Waals surface area contributed by atoms with E-state index in [1.54, 1.807) is 0 Å². The lowest BCUT2D eigenvalue weighted by Gasteiger charge is -2.44. The molecule has 212 valence electrons. The van der Waals surface area contributed by atoms with E-state index in [9.17, 15) is 4.79 Å². The minimum absolute atomic E-state index is 0.152. The van der Waals surface area contributed by atoms with Crippen LogP contribution in [0.3, 0.4) is 0 Å². The summed E-state index contributed by atoms with van der Waals surface area (Å²) in [5, 5.41) is 0. The number of rotatable bonds is 7. The first-order valence-electron chi connectivity index (χ1n) is 15.7. The van der Waals surface area contributed by atoms with Crippen LogP contribution in [-0.4, -0.2) is 57.0 Å². The van der Waals surface area contributed by atoms with Crippen molar-refractivity contribution in [1.29, 1.82) is 0 Å². The summed E-state index contributed by atoms with van der Waals surface area (Å²) in [6.07, 6.45) is 9.60. The smallest absolute Gasteiger partial charge is 0.253 e. The molecule has 3 aromatic carbocycles. The second-order valence-electron chi connectivity index (χ2n) is 12.7. The summed E-state index contributed by atoms with van der Waals surface area (Å²) >= 11 is 0. The van der Waals surface area contributed by atoms with Crippen molar-refractivity contribution in [3.8, 4) is 0 Å². The number of amides is 1. The van der Waals surface area contributed by atoms with Crippen molar-refractivity contribution in [2.45, 2.75) is 81.8 Å². The van der Waals surface area contributed by atoms with Crippen LogP contribution in [0.4, 0.5) is 0 Å². The van der Waals surface area contributed by atoms with Gasteiger partial charge >= 0.3 is 0 Å². The zero-order valence-electron chi connectivity index (χ0n) is 24.3. The van der Waals surface area contributed by atoms with Gasteiger partial charge in [-0.25, -0.2) is 4.98 Å². The topological polar surface area (TPSA) is 41.4 Å². The Labute approximate surface area is 244 Å². The summed E-state index contributed by atoms with van der Waals surface area (Å²) in [5.41, 5.74) is 4.83. The van der Waals surface area contributed by atoms with E-state index in [4.69, 9.17) is 4.98 Å². The molecule has 4 heterocycles. The van der Waals surface area contributed by atoms with E-state index in [1.165, 1.54) is 56.1 Å². The van der Waals surface area contributed by atoms with Crippen LogP contribution < -0.4 is 0 Å². The molecule has 4 aromatic rings. The molecule has 3 aliphatic heterocycles. The molecule has 5 heteroatoms. The molecule has 1 aromatic heterocycles. The highest BCUT2D eigenvalue weighted by molar-refractivity contribution is 5.94. The van der Waals surface area contributed by atoms with Crippen LogP contribution in [0.15, 0.2) is 84.9 Å². The average Bonchev–Trinajstić information content (AvgIpc) is 3.48. The summed E-state index contributed by atoms with van der Waals surface area (Å²) in [4.78, 5) is 23.0. The maximum absolute atomic E-state index is 13.2. The summed E-state index contributed by atoms with van der Waals surface area (Å²) in [6, 6.07) is 31.4. The van der Waals surface area contributed by atoms with Gasteiger partial charge < -0.3 is 9.47 Å². The number of hydrogen-bond acceptors (Lipinski definition) is 3. The lowest BCUT2D eigenvalue weighted by Crippen LogP contribution is -2.46. The van der Waals surface area contributed by atoms with Gasteiger partial charge in [-0.3, -0.25) is 9.69 Å². The number of aromatic nitrogens is 2. The van der Waals surface area contributed by atoms with E-state index < -0.39 is 0 Å². The fourth-order valence-corrected chi connectivity index (χ4v) is 8.42. The van der Waals surface area contributed by atoms with E-state index in [-0.39, 0.29) is 11.3 Å². The Bertz CT molecular complexity index is 1470. The van der Waals surface area contributed by atoms with Crippen LogP contribution >= 0.6 is 0 Å². The van der Waals surface area contributed by atoms with Gasteiger partial charge in [0.2, 0.25) is 0 Å². The molecule has 0 aliphatic carbocycles. The number of para-hydroxylation sites is 2. The summed E-state index contributed by atoms with van der Waals surface area (Å²) in [7, 11) is 0. The second-order valence-corrected chi connectivity index (χ2v) is 12.7. The van der Waals surface area contributed by atoms with Gasteiger partial charge in [-0.1, -0.05) is 60.7 Å². The molecule has 3 atom stereocenters. The number of fused-ring (bicyclic) bond motifs is 3. The first-order valence-corrected chi connectivity index (χ1v) is 15.7. The van der Waals surface area contributed by atoms with Gasteiger partial charge in [-0.2, -0.15) is 0 Å². The molecule has 0 saturated carbocycles. The maximum Gasteiger partial charge on any atom is 0.253 e. The molecule has 0 spiro atoms. The molecule has 41 heavy (non-hydrogen) atoms. The summed E-state index contributed by atoms with van der Waals surface area (Å²) in [5.74, 6) is 1.33. The van der Waals surface area contributed by atoms with E-state index >= 15 is 0 Å². The molecule has 3 fully saturated rings. The highest BCUT2D eigenvalue weighted by atomic mass is 16.2. The number of hydrogen-bond donors (Lipinski definition) is 0. The van der Waals surface area contributed by atoms with Gasteiger partial charge in [0, 0.05) is 36.8 Å². The van der Waals surface area contributed by atoms with Gasteiger partial charge in [-0.15, -0.1) is 0 Å². The minimum atomic E-state index is 0.152. The number of carbonyl (C=O) groups is 1. The van der Waals surface area contributed by atoms with Crippen LogP contribution in [0.5, 0.6) is 0 Å². The average molecular weight is 547 g/mol. The molecular weight excluding hydrogens is 504 g/mol. The highest BCUT2D eigenvalue weighted by Crippen LogP contribution is 2.44. The molecule has 3 aliphatic rings. The number of imidazole rings is 1. The predicted octanol–water partition coefficient (Wildman–Crippen LogP) is 7.17. The van der Waals surface area contributed by atoms with E-state index in [1.807, 2.05) is 30.3 Å². The Morgan fingerprint density at radius 3 is 2.17 bits per heavy atom. The fraction of sp³-hybridized carbons (Fsp3) is 0.444. The fourth-order valence-electron chi connectivity index (χ4n) is 8.42. The Morgan fingerprint density at radius 2 is 1.46 bits per heavy atom. The maximum atomic E-state index is 13.2. The monoisotopic (exact) mass is 546 g/mol. The van der Waals surface area contributed by atoms with E-state index in [0.717, 1.165) is 42.8 Å². The first-order chi connectivity index (χ1) is 20.1. The first kappa shape index (κ1) is 26.5. The Kier molecular flexibility index (Phi) is 7.16. The van der Waals surface area contributed by atoms with Crippen LogP contribution in [0.1, 0.15) is 79.2 Å². The Hall–Kier alpha value is -3.44. The number of benzene rings is 3. The quantitative estimate of drug-likeness (QED) is 0.247. The minimum Gasteiger partial charge on any atom is -0.339 e. The molecule has 1 unspecified atom stereocenters. The zero-order valence-corrected chi connectivity index (χ0v) is 24.3. The van der Waals surface area contributed by atoms with Crippen molar-refractivity contribution in [3.63, 3.8) is 0 Å². The van der Waals surface area contributed by atoms with Gasteiger partial charge in [0.05, 0.1) is 11.0 Å². The molecular formula is C36H42N4O. The zero-order chi connectivity index (χ0) is 27.8. The summed E-state index contributed by atoms with van der Waals surface area (Å²) in [6.45, 7) is 5.03. The van der Waals surface area contributed by atoms with Gasteiger partial charge in [0.25, 0.3) is 5.91 Å². The molecule has 1 amide bonds. The standard InChI is InChI=1S/C36H42N4O/c1-27-37-33-15-8-9-16-34(33)40(27)32-25-30-17-18-31(26-32)39(30)22-10-19-36(29-13-6-3-7-14-29)20-23-38(24-21-36)35(41)28-11-4-2-5-12-28/h2-9,11-16,30-32H,10,17-26H2,1H3/t30-,31+,32?. The SMILES string of the molecule is Cc1nc2ccccc2n1C1C[C@H]2CC[C@@H](C1)N2CCCC1(c2ccccc2)CCN(C(=O)c2ccccc2)CC1. The lowest BCUT2D eigenvalue weighted by molar-refractivity contribution is 0.0642. The van der Waals surface area contributed by atoms with Crippen molar-refractivity contribution < 1.29 is 4.79 Å².